The lowest BCUT2D eigenvalue weighted by atomic mass is 9.90. The van der Waals surface area contributed by atoms with Gasteiger partial charge in [-0.3, -0.25) is 4.79 Å². The number of aryl methyl sites for hydroxylation is 1. The highest BCUT2D eigenvalue weighted by atomic mass is 19.4. The van der Waals surface area contributed by atoms with Crippen LogP contribution >= 0.6 is 0 Å². The normalized spacial score (nSPS) is 15.0. The van der Waals surface area contributed by atoms with Gasteiger partial charge in [-0.05, 0) is 79.1 Å². The molecule has 4 rings (SSSR count). The molecule has 0 radical (unpaired) electrons. The number of benzene rings is 2. The number of ether oxygens (including phenoxy) is 2. The molecule has 1 aromatic heterocycles. The number of rotatable bonds is 9. The molecular weight excluding hydrogens is 540 g/mol. The maximum atomic E-state index is 14.1. The molecule has 3 aromatic rings. The first-order valence-corrected chi connectivity index (χ1v) is 13.0. The predicted octanol–water partition coefficient (Wildman–Crippen LogP) is 5.72. The Balaban J connectivity index is 1.57. The van der Waals surface area contributed by atoms with Gasteiger partial charge in [0.2, 0.25) is 17.9 Å². The molecule has 2 atom stereocenters. The summed E-state index contributed by atoms with van der Waals surface area (Å²) in [6.45, 7) is 3.74. The van der Waals surface area contributed by atoms with Gasteiger partial charge in [0.25, 0.3) is 0 Å². The molecular formula is C30H30F4N4O3. The summed E-state index contributed by atoms with van der Waals surface area (Å²) in [5, 5.41) is 0. The maximum absolute atomic E-state index is 14.1. The summed E-state index contributed by atoms with van der Waals surface area (Å²) in [6.07, 6.45) is -3.48. The fourth-order valence-corrected chi connectivity index (χ4v) is 4.58. The van der Waals surface area contributed by atoms with E-state index in [1.807, 2.05) is 6.92 Å². The van der Waals surface area contributed by atoms with Gasteiger partial charge in [-0.15, -0.1) is 0 Å². The minimum atomic E-state index is -4.73. The molecule has 4 N–H and O–H groups in total. The summed E-state index contributed by atoms with van der Waals surface area (Å²) in [6, 6.07) is 11.6. The van der Waals surface area contributed by atoms with E-state index >= 15 is 0 Å². The van der Waals surface area contributed by atoms with E-state index in [1.165, 1.54) is 24.3 Å². The second kappa shape index (κ2) is 12.5. The first-order valence-electron chi connectivity index (χ1n) is 13.0. The van der Waals surface area contributed by atoms with Crippen LogP contribution in [0.25, 0.3) is 16.8 Å². The zero-order valence-corrected chi connectivity index (χ0v) is 22.5. The van der Waals surface area contributed by atoms with Gasteiger partial charge in [0.1, 0.15) is 11.9 Å². The van der Waals surface area contributed by atoms with Gasteiger partial charge >= 0.3 is 12.1 Å². The largest absolute Gasteiger partial charge is 0.465 e. The standard InChI is InChI=1S/C30H30F4N4O3/c1-3-40-28(39)24(35)15-20-11-12-22(13-17(20)2)25-16-26(38-29(36)37-25)41-27(30(32,33)34)19-9-7-18(8-10-19)21-5-4-6-23(31)14-21/h4-7,9,11-14,16,24,27H,3,8,10,15,35H2,1-2H3,(H2,36,37,38)/t24-,27?/m0/s1. The number of halogens is 4. The molecule has 11 heteroatoms. The molecule has 0 aliphatic heterocycles. The Bertz CT molecular complexity index is 1490. The third-order valence-electron chi connectivity index (χ3n) is 6.64. The first-order chi connectivity index (χ1) is 19.4. The zero-order chi connectivity index (χ0) is 29.7. The van der Waals surface area contributed by atoms with Crippen LogP contribution in [0.15, 0.2) is 66.3 Å². The molecule has 2 aromatic carbocycles. The number of esters is 1. The second-order valence-electron chi connectivity index (χ2n) is 9.64. The van der Waals surface area contributed by atoms with Gasteiger partial charge in [0.05, 0.1) is 12.3 Å². The van der Waals surface area contributed by atoms with E-state index in [4.69, 9.17) is 20.9 Å². The van der Waals surface area contributed by atoms with Crippen molar-refractivity contribution in [3.05, 3.63) is 88.8 Å². The lowest BCUT2D eigenvalue weighted by Crippen LogP contribution is -2.37. The van der Waals surface area contributed by atoms with Crippen molar-refractivity contribution in [3.63, 3.8) is 0 Å². The van der Waals surface area contributed by atoms with E-state index in [0.717, 1.165) is 16.7 Å². The van der Waals surface area contributed by atoms with Crippen LogP contribution in [-0.4, -0.2) is 40.9 Å². The first kappa shape index (κ1) is 29.7. The number of anilines is 1. The minimum Gasteiger partial charge on any atom is -0.465 e. The van der Waals surface area contributed by atoms with Crippen LogP contribution in [0.1, 0.15) is 36.5 Å². The Hall–Kier alpha value is -4.25. The molecule has 0 saturated heterocycles. The summed E-state index contributed by atoms with van der Waals surface area (Å²) in [5.74, 6) is -1.51. The number of carbonyl (C=O) groups excluding carboxylic acids is 1. The quantitative estimate of drug-likeness (QED) is 0.250. The number of aromatic nitrogens is 2. The number of nitrogens with two attached hydrogens (primary N) is 2. The van der Waals surface area contributed by atoms with Crippen LogP contribution in [0.3, 0.4) is 0 Å². The summed E-state index contributed by atoms with van der Waals surface area (Å²) in [5.41, 5.74) is 15.6. The lowest BCUT2D eigenvalue weighted by Gasteiger charge is -2.26. The number of nitrogens with zero attached hydrogens (tertiary/aromatic N) is 2. The fourth-order valence-electron chi connectivity index (χ4n) is 4.58. The molecule has 0 saturated carbocycles. The van der Waals surface area contributed by atoms with Gasteiger partial charge in [-0.25, -0.2) is 9.37 Å². The van der Waals surface area contributed by atoms with E-state index < -0.39 is 30.1 Å². The van der Waals surface area contributed by atoms with Crippen molar-refractivity contribution < 1.29 is 31.8 Å². The summed E-state index contributed by atoms with van der Waals surface area (Å²) in [4.78, 5) is 20.0. The number of alkyl halides is 3. The van der Waals surface area contributed by atoms with E-state index in [1.54, 1.807) is 43.3 Å². The van der Waals surface area contributed by atoms with E-state index in [9.17, 15) is 22.4 Å². The van der Waals surface area contributed by atoms with Crippen molar-refractivity contribution in [1.82, 2.24) is 9.97 Å². The topological polar surface area (TPSA) is 113 Å². The second-order valence-corrected chi connectivity index (χ2v) is 9.64. The van der Waals surface area contributed by atoms with Crippen molar-refractivity contribution in [3.8, 4) is 17.1 Å². The molecule has 0 bridgehead atoms. The van der Waals surface area contributed by atoms with Crippen LogP contribution in [0.5, 0.6) is 5.88 Å². The Kier molecular flexibility index (Phi) is 9.07. The van der Waals surface area contributed by atoms with Crippen LogP contribution < -0.4 is 16.2 Å². The average Bonchev–Trinajstić information content (AvgIpc) is 2.92. The molecule has 0 amide bonds. The summed E-state index contributed by atoms with van der Waals surface area (Å²) in [7, 11) is 0. The number of nitrogen functional groups attached to an aromatic ring is 1. The molecule has 1 aliphatic rings. The third kappa shape index (κ3) is 7.49. The minimum absolute atomic E-state index is 0.00882. The predicted molar refractivity (Wildman–Crippen MR) is 147 cm³/mol. The Labute approximate surface area is 234 Å². The van der Waals surface area contributed by atoms with Crippen LogP contribution in [0.4, 0.5) is 23.5 Å². The van der Waals surface area contributed by atoms with E-state index in [-0.39, 0.29) is 49.0 Å². The highest BCUT2D eigenvalue weighted by molar-refractivity contribution is 5.76. The molecule has 0 fully saturated rings. The number of hydrogen-bond acceptors (Lipinski definition) is 7. The molecule has 1 aliphatic carbocycles. The molecule has 1 heterocycles. The van der Waals surface area contributed by atoms with E-state index in [2.05, 4.69) is 9.97 Å². The number of allylic oxidation sites excluding steroid dienone is 3. The monoisotopic (exact) mass is 570 g/mol. The fraction of sp³-hybridized carbons (Fsp3) is 0.300. The van der Waals surface area contributed by atoms with Crippen molar-refractivity contribution >= 4 is 17.5 Å². The molecule has 216 valence electrons. The zero-order valence-electron chi connectivity index (χ0n) is 22.5. The average molecular weight is 571 g/mol. The smallest absolute Gasteiger partial charge is 0.429 e. The molecule has 0 spiro atoms. The summed E-state index contributed by atoms with van der Waals surface area (Å²) >= 11 is 0. The van der Waals surface area contributed by atoms with E-state index in [0.29, 0.717) is 11.1 Å². The lowest BCUT2D eigenvalue weighted by molar-refractivity contribution is -0.184. The molecule has 7 nitrogen and oxygen atoms in total. The third-order valence-corrected chi connectivity index (χ3v) is 6.64. The molecule has 41 heavy (non-hydrogen) atoms. The number of carbonyl (C=O) groups is 1. The Morgan fingerprint density at radius 1 is 1.05 bits per heavy atom. The number of hydrogen-bond donors (Lipinski definition) is 2. The van der Waals surface area contributed by atoms with Crippen LogP contribution in [0, 0.1) is 12.7 Å². The van der Waals surface area contributed by atoms with Gasteiger partial charge < -0.3 is 20.9 Å². The van der Waals surface area contributed by atoms with Gasteiger partial charge in [0, 0.05) is 11.6 Å². The van der Waals surface area contributed by atoms with Crippen LogP contribution in [0.2, 0.25) is 0 Å². The SMILES string of the molecule is CCOC(=O)[C@@H](N)Cc1ccc(-c2cc(OC(C3=CC=C(c4cccc(F)c4)CC3)C(F)(F)F)nc(N)n2)cc1C. The Morgan fingerprint density at radius 3 is 2.46 bits per heavy atom. The summed E-state index contributed by atoms with van der Waals surface area (Å²) < 4.78 is 66.4. The molecule has 1 unspecified atom stereocenters. The van der Waals surface area contributed by atoms with Crippen molar-refractivity contribution in [2.24, 2.45) is 5.73 Å². The highest BCUT2D eigenvalue weighted by Gasteiger charge is 2.44. The van der Waals surface area contributed by atoms with Gasteiger partial charge in [0.15, 0.2) is 0 Å². The van der Waals surface area contributed by atoms with Gasteiger partial charge in [-0.2, -0.15) is 18.2 Å². The van der Waals surface area contributed by atoms with Crippen molar-refractivity contribution in [1.29, 1.82) is 0 Å². The van der Waals surface area contributed by atoms with Crippen LogP contribution in [-0.2, 0) is 16.0 Å². The highest BCUT2D eigenvalue weighted by Crippen LogP contribution is 2.36. The maximum Gasteiger partial charge on any atom is 0.429 e. The van der Waals surface area contributed by atoms with Crippen molar-refractivity contribution in [2.45, 2.75) is 51.4 Å². The van der Waals surface area contributed by atoms with Gasteiger partial charge in [-0.1, -0.05) is 36.4 Å². The Morgan fingerprint density at radius 2 is 1.83 bits per heavy atom. The van der Waals surface area contributed by atoms with Crippen molar-refractivity contribution in [2.75, 3.05) is 12.3 Å².